The fourth-order valence-corrected chi connectivity index (χ4v) is 6.78. The fraction of sp³-hybridized carbons (Fsp3) is 0.500. The van der Waals surface area contributed by atoms with Crippen LogP contribution < -0.4 is 16.0 Å². The summed E-state index contributed by atoms with van der Waals surface area (Å²) in [6.07, 6.45) is 1.49. The summed E-state index contributed by atoms with van der Waals surface area (Å²) in [5.74, 6) is -4.63. The van der Waals surface area contributed by atoms with Gasteiger partial charge in [-0.25, -0.2) is 8.78 Å². The highest BCUT2D eigenvalue weighted by Gasteiger charge is 2.40. The Bertz CT molecular complexity index is 1630. The predicted molar refractivity (Wildman–Crippen MR) is 190 cm³/mol. The molecule has 2 aromatic carbocycles. The van der Waals surface area contributed by atoms with Crippen molar-refractivity contribution in [2.45, 2.75) is 89.9 Å². The van der Waals surface area contributed by atoms with E-state index in [-0.39, 0.29) is 62.1 Å². The van der Waals surface area contributed by atoms with E-state index in [0.717, 1.165) is 25.2 Å². The van der Waals surface area contributed by atoms with E-state index in [1.165, 1.54) is 11.8 Å². The second-order valence-electron chi connectivity index (χ2n) is 13.9. The first-order valence-corrected chi connectivity index (χ1v) is 17.9. The molecule has 5 rings (SSSR count). The quantitative estimate of drug-likeness (QED) is 0.234. The third-order valence-electron chi connectivity index (χ3n) is 9.74. The van der Waals surface area contributed by atoms with Crippen molar-refractivity contribution >= 4 is 29.3 Å². The maximum Gasteiger partial charge on any atom is 0.270 e. The SMILES string of the molecule is CCC(=O)NC(Cc1ccc(NC(=O)C(NC(=O)c2ccnn2C(C)C)C2CCC(F)(F)CC2)cc1)C(=O)N1CCN(Cc2ccccc2)CC1. The predicted octanol–water partition coefficient (Wildman–Crippen LogP) is 4.81. The number of piperazine rings is 1. The molecule has 1 aliphatic carbocycles. The number of carbonyl (C=O) groups excluding carboxylic acids is 4. The minimum atomic E-state index is -2.79. The Labute approximate surface area is 298 Å². The van der Waals surface area contributed by atoms with Gasteiger partial charge in [-0.3, -0.25) is 28.8 Å². The number of hydrogen-bond donors (Lipinski definition) is 3. The molecule has 1 aliphatic heterocycles. The van der Waals surface area contributed by atoms with E-state index in [9.17, 15) is 28.0 Å². The van der Waals surface area contributed by atoms with Crippen LogP contribution in [0, 0.1) is 5.92 Å². The summed E-state index contributed by atoms with van der Waals surface area (Å²) in [6.45, 7) is 8.90. The van der Waals surface area contributed by atoms with Crippen LogP contribution in [0.1, 0.15) is 80.5 Å². The van der Waals surface area contributed by atoms with Gasteiger partial charge in [-0.05, 0) is 61.9 Å². The summed E-state index contributed by atoms with van der Waals surface area (Å²) < 4.78 is 29.6. The van der Waals surface area contributed by atoms with Gasteiger partial charge in [0, 0.05) is 76.3 Å². The molecule has 51 heavy (non-hydrogen) atoms. The van der Waals surface area contributed by atoms with Crippen LogP contribution in [0.4, 0.5) is 14.5 Å². The van der Waals surface area contributed by atoms with Crippen molar-refractivity contribution in [1.29, 1.82) is 0 Å². The molecule has 274 valence electrons. The molecule has 4 amide bonds. The average molecular weight is 706 g/mol. The Morgan fingerprint density at radius 2 is 1.55 bits per heavy atom. The number of nitrogens with one attached hydrogen (secondary N) is 3. The van der Waals surface area contributed by atoms with E-state index in [1.807, 2.05) is 32.0 Å². The first-order valence-electron chi connectivity index (χ1n) is 17.9. The molecule has 1 saturated carbocycles. The molecule has 3 aromatic rings. The van der Waals surface area contributed by atoms with Gasteiger partial charge in [0.1, 0.15) is 17.8 Å². The molecule has 3 N–H and O–H groups in total. The zero-order chi connectivity index (χ0) is 36.5. The van der Waals surface area contributed by atoms with Gasteiger partial charge in [0.05, 0.1) is 0 Å². The lowest BCUT2D eigenvalue weighted by Crippen LogP contribution is -2.55. The third-order valence-corrected chi connectivity index (χ3v) is 9.74. The minimum Gasteiger partial charge on any atom is -0.344 e. The van der Waals surface area contributed by atoms with Crippen LogP contribution in [0.5, 0.6) is 0 Å². The molecular formula is C38H49F2N7O4. The van der Waals surface area contributed by atoms with Crippen LogP contribution in [-0.4, -0.2) is 87.4 Å². The van der Waals surface area contributed by atoms with Crippen molar-refractivity contribution in [3.8, 4) is 0 Å². The second-order valence-corrected chi connectivity index (χ2v) is 13.9. The number of aromatic nitrogens is 2. The molecule has 2 unspecified atom stereocenters. The van der Waals surface area contributed by atoms with Crippen LogP contribution in [0.15, 0.2) is 66.9 Å². The summed E-state index contributed by atoms with van der Waals surface area (Å²) in [5.41, 5.74) is 2.73. The average Bonchev–Trinajstić information content (AvgIpc) is 3.63. The molecule has 13 heteroatoms. The van der Waals surface area contributed by atoms with Crippen LogP contribution in [-0.2, 0) is 27.3 Å². The van der Waals surface area contributed by atoms with Crippen LogP contribution in [0.3, 0.4) is 0 Å². The molecule has 0 radical (unpaired) electrons. The first kappa shape index (κ1) is 37.6. The van der Waals surface area contributed by atoms with Gasteiger partial charge in [-0.15, -0.1) is 0 Å². The van der Waals surface area contributed by atoms with Crippen molar-refractivity contribution in [2.24, 2.45) is 5.92 Å². The molecule has 2 fully saturated rings. The van der Waals surface area contributed by atoms with Crippen molar-refractivity contribution in [2.75, 3.05) is 31.5 Å². The summed E-state index contributed by atoms with van der Waals surface area (Å²) in [5, 5.41) is 12.8. The number of rotatable bonds is 13. The molecule has 0 bridgehead atoms. The van der Waals surface area contributed by atoms with Crippen LogP contribution >= 0.6 is 0 Å². The van der Waals surface area contributed by atoms with Crippen molar-refractivity contribution in [3.05, 3.63) is 83.7 Å². The van der Waals surface area contributed by atoms with E-state index in [4.69, 9.17) is 0 Å². The van der Waals surface area contributed by atoms with Gasteiger partial charge in [0.25, 0.3) is 5.91 Å². The summed E-state index contributed by atoms with van der Waals surface area (Å²) in [6, 6.07) is 16.8. The number of nitrogens with zero attached hydrogens (tertiary/aromatic N) is 4. The number of benzene rings is 2. The van der Waals surface area contributed by atoms with Gasteiger partial charge in [-0.2, -0.15) is 5.10 Å². The highest BCUT2D eigenvalue weighted by Crippen LogP contribution is 2.38. The summed E-state index contributed by atoms with van der Waals surface area (Å²) in [4.78, 5) is 57.2. The Balaban J connectivity index is 1.23. The standard InChI is InChI=1S/C38H49F2N7O4/c1-4-33(48)43-31(37(51)46-22-20-45(21-23-46)25-28-8-6-5-7-9-28)24-27-10-12-30(13-11-27)42-36(50)34(29-14-17-38(39,40)18-15-29)44-35(49)32-16-19-41-47(32)26(2)3/h5-13,16,19,26,29,31,34H,4,14-15,17-18,20-25H2,1-3H3,(H,42,50)(H,43,48)(H,44,49). The molecule has 1 aromatic heterocycles. The zero-order valence-electron chi connectivity index (χ0n) is 29.6. The summed E-state index contributed by atoms with van der Waals surface area (Å²) in [7, 11) is 0. The normalized spacial score (nSPS) is 17.8. The van der Waals surface area contributed by atoms with E-state index in [0.29, 0.717) is 18.8 Å². The number of hydrogen-bond acceptors (Lipinski definition) is 6. The molecule has 1 saturated heterocycles. The van der Waals surface area contributed by atoms with Gasteiger partial charge in [-0.1, -0.05) is 49.4 Å². The monoisotopic (exact) mass is 705 g/mol. The van der Waals surface area contributed by atoms with Gasteiger partial charge >= 0.3 is 0 Å². The minimum absolute atomic E-state index is 0.0920. The Morgan fingerprint density at radius 3 is 2.18 bits per heavy atom. The largest absolute Gasteiger partial charge is 0.344 e. The molecule has 11 nitrogen and oxygen atoms in total. The lowest BCUT2D eigenvalue weighted by atomic mass is 9.81. The van der Waals surface area contributed by atoms with Gasteiger partial charge < -0.3 is 20.9 Å². The Kier molecular flexibility index (Phi) is 12.6. The topological polar surface area (TPSA) is 129 Å². The lowest BCUT2D eigenvalue weighted by Gasteiger charge is -2.36. The summed E-state index contributed by atoms with van der Waals surface area (Å²) >= 11 is 0. The zero-order valence-corrected chi connectivity index (χ0v) is 29.6. The first-order chi connectivity index (χ1) is 24.4. The number of amides is 4. The van der Waals surface area contributed by atoms with Gasteiger partial charge in [0.2, 0.25) is 23.6 Å². The number of halogens is 2. The highest BCUT2D eigenvalue weighted by molar-refractivity contribution is 6.00. The van der Waals surface area contributed by atoms with Crippen LogP contribution in [0.2, 0.25) is 0 Å². The molecular weight excluding hydrogens is 656 g/mol. The fourth-order valence-electron chi connectivity index (χ4n) is 6.78. The lowest BCUT2D eigenvalue weighted by molar-refractivity contribution is -0.138. The van der Waals surface area contributed by atoms with Crippen molar-refractivity contribution < 1.29 is 28.0 Å². The maximum absolute atomic E-state index is 14.0. The van der Waals surface area contributed by atoms with Crippen molar-refractivity contribution in [1.82, 2.24) is 30.2 Å². The molecule has 2 atom stereocenters. The van der Waals surface area contributed by atoms with E-state index in [2.05, 4.69) is 38.1 Å². The maximum atomic E-state index is 14.0. The number of alkyl halides is 2. The van der Waals surface area contributed by atoms with E-state index in [1.54, 1.807) is 46.8 Å². The molecule has 2 heterocycles. The van der Waals surface area contributed by atoms with E-state index < -0.39 is 35.7 Å². The van der Waals surface area contributed by atoms with Crippen LogP contribution in [0.25, 0.3) is 0 Å². The smallest absolute Gasteiger partial charge is 0.270 e. The Morgan fingerprint density at radius 1 is 0.882 bits per heavy atom. The number of carbonyl (C=O) groups is 4. The van der Waals surface area contributed by atoms with Crippen molar-refractivity contribution in [3.63, 3.8) is 0 Å². The molecule has 2 aliphatic rings. The number of anilines is 1. The highest BCUT2D eigenvalue weighted by atomic mass is 19.3. The van der Waals surface area contributed by atoms with E-state index >= 15 is 0 Å². The molecule has 0 spiro atoms. The third kappa shape index (κ3) is 10.2. The van der Waals surface area contributed by atoms with Gasteiger partial charge in [0.15, 0.2) is 0 Å². The second kappa shape index (κ2) is 17.0. The Hall–Kier alpha value is -4.65.